The van der Waals surface area contributed by atoms with E-state index in [-0.39, 0.29) is 5.91 Å². The SMILES string of the molecule is Cc1[nH]nc(C(=O)Nc2cnc3[nH]c(-c4ccnc(N5CCCCC5)c4)cc3c2)c1C. The molecule has 3 N–H and O–H groups in total. The highest BCUT2D eigenvalue weighted by Crippen LogP contribution is 2.28. The van der Waals surface area contributed by atoms with Crippen LogP contribution in [0.5, 0.6) is 0 Å². The molecule has 0 atom stereocenters. The Kier molecular flexibility index (Phi) is 4.89. The number of H-pyrrole nitrogens is 2. The maximum absolute atomic E-state index is 12.6. The summed E-state index contributed by atoms with van der Waals surface area (Å²) in [5.41, 5.74) is 5.58. The summed E-state index contributed by atoms with van der Waals surface area (Å²) in [6.07, 6.45) is 7.24. The number of hydrogen-bond donors (Lipinski definition) is 3. The van der Waals surface area contributed by atoms with Crippen molar-refractivity contribution in [2.45, 2.75) is 33.1 Å². The quantitative estimate of drug-likeness (QED) is 0.463. The van der Waals surface area contributed by atoms with Gasteiger partial charge in [0.1, 0.15) is 11.5 Å². The summed E-state index contributed by atoms with van der Waals surface area (Å²) in [6.45, 7) is 5.88. The predicted octanol–water partition coefficient (Wildman–Crippen LogP) is 4.21. The fourth-order valence-electron chi connectivity index (χ4n) is 4.02. The van der Waals surface area contributed by atoms with Crippen LogP contribution in [0.15, 0.2) is 36.7 Å². The van der Waals surface area contributed by atoms with E-state index in [9.17, 15) is 4.79 Å². The van der Waals surface area contributed by atoms with Gasteiger partial charge < -0.3 is 15.2 Å². The van der Waals surface area contributed by atoms with Gasteiger partial charge in [0.05, 0.1) is 11.9 Å². The third-order valence-corrected chi connectivity index (χ3v) is 5.93. The molecule has 0 aliphatic carbocycles. The summed E-state index contributed by atoms with van der Waals surface area (Å²) in [4.78, 5) is 27.3. The molecule has 31 heavy (non-hydrogen) atoms. The number of carbonyl (C=O) groups is 1. The number of nitrogens with zero attached hydrogens (tertiary/aromatic N) is 4. The van der Waals surface area contributed by atoms with Gasteiger partial charge in [-0.1, -0.05) is 0 Å². The Balaban J connectivity index is 1.40. The topological polar surface area (TPSA) is 103 Å². The van der Waals surface area contributed by atoms with Crippen molar-refractivity contribution in [1.82, 2.24) is 25.1 Å². The zero-order valence-electron chi connectivity index (χ0n) is 17.7. The van der Waals surface area contributed by atoms with Crippen molar-refractivity contribution in [3.05, 3.63) is 53.6 Å². The smallest absolute Gasteiger partial charge is 0.276 e. The molecule has 1 amide bonds. The molecule has 1 fully saturated rings. The summed E-state index contributed by atoms with van der Waals surface area (Å²) >= 11 is 0. The molecule has 0 spiro atoms. The van der Waals surface area contributed by atoms with Crippen LogP contribution in [0, 0.1) is 13.8 Å². The number of aryl methyl sites for hydroxylation is 1. The van der Waals surface area contributed by atoms with Crippen LogP contribution >= 0.6 is 0 Å². The first-order chi connectivity index (χ1) is 15.1. The molecule has 0 unspecified atom stereocenters. The fourth-order valence-corrected chi connectivity index (χ4v) is 4.02. The maximum atomic E-state index is 12.6. The lowest BCUT2D eigenvalue weighted by atomic mass is 10.1. The number of aromatic amines is 2. The van der Waals surface area contributed by atoms with Gasteiger partial charge in [-0.15, -0.1) is 0 Å². The minimum absolute atomic E-state index is 0.251. The lowest BCUT2D eigenvalue weighted by Gasteiger charge is -2.27. The van der Waals surface area contributed by atoms with Gasteiger partial charge in [0.15, 0.2) is 5.69 Å². The van der Waals surface area contributed by atoms with E-state index < -0.39 is 0 Å². The Hall–Kier alpha value is -3.68. The molecule has 1 aliphatic heterocycles. The summed E-state index contributed by atoms with van der Waals surface area (Å²) in [5, 5.41) is 10.8. The van der Waals surface area contributed by atoms with Crippen molar-refractivity contribution in [3.8, 4) is 11.3 Å². The highest BCUT2D eigenvalue weighted by Gasteiger charge is 2.16. The van der Waals surface area contributed by atoms with Crippen LogP contribution in [-0.4, -0.2) is 44.1 Å². The zero-order chi connectivity index (χ0) is 21.4. The first-order valence-electron chi connectivity index (χ1n) is 10.6. The largest absolute Gasteiger partial charge is 0.357 e. The van der Waals surface area contributed by atoms with E-state index in [1.807, 2.05) is 32.2 Å². The number of fused-ring (bicyclic) bond motifs is 1. The average molecular weight is 416 g/mol. The van der Waals surface area contributed by atoms with E-state index in [0.717, 1.165) is 52.5 Å². The van der Waals surface area contributed by atoms with Crippen LogP contribution in [-0.2, 0) is 0 Å². The first kappa shape index (κ1) is 19.3. The summed E-state index contributed by atoms with van der Waals surface area (Å²) in [6, 6.07) is 8.10. The molecule has 1 saturated heterocycles. The monoisotopic (exact) mass is 415 g/mol. The Bertz CT molecular complexity index is 1250. The third kappa shape index (κ3) is 3.76. The molecular weight excluding hydrogens is 390 g/mol. The fraction of sp³-hybridized carbons (Fsp3) is 0.304. The Morgan fingerprint density at radius 2 is 1.94 bits per heavy atom. The van der Waals surface area contributed by atoms with Crippen LogP contribution in [0.25, 0.3) is 22.3 Å². The second kappa shape index (κ2) is 7.86. The van der Waals surface area contributed by atoms with Gasteiger partial charge in [0.25, 0.3) is 5.91 Å². The molecule has 1 aliphatic rings. The number of pyridine rings is 2. The van der Waals surface area contributed by atoms with E-state index in [1.165, 1.54) is 19.3 Å². The summed E-state index contributed by atoms with van der Waals surface area (Å²) < 4.78 is 0. The number of aromatic nitrogens is 5. The number of anilines is 2. The molecule has 4 aromatic heterocycles. The van der Waals surface area contributed by atoms with E-state index in [0.29, 0.717) is 11.4 Å². The van der Waals surface area contributed by atoms with E-state index in [2.05, 4.69) is 47.5 Å². The van der Waals surface area contributed by atoms with Crippen molar-refractivity contribution in [2.75, 3.05) is 23.3 Å². The number of carbonyl (C=O) groups excluding carboxylic acids is 1. The molecule has 8 nitrogen and oxygen atoms in total. The maximum Gasteiger partial charge on any atom is 0.276 e. The standard InChI is InChI=1S/C23H25N7O/c1-14-15(2)28-29-21(14)23(31)26-18-10-17-11-19(27-22(17)25-13-18)16-6-7-24-20(12-16)30-8-4-3-5-9-30/h6-7,10-13H,3-5,8-9H2,1-2H3,(H,25,27)(H,26,31)(H,28,29). The van der Waals surface area contributed by atoms with Crippen LogP contribution in [0.2, 0.25) is 0 Å². The second-order valence-electron chi connectivity index (χ2n) is 8.07. The van der Waals surface area contributed by atoms with Crippen molar-refractivity contribution in [3.63, 3.8) is 0 Å². The Morgan fingerprint density at radius 3 is 2.71 bits per heavy atom. The highest BCUT2D eigenvalue weighted by atomic mass is 16.1. The van der Waals surface area contributed by atoms with Crippen LogP contribution < -0.4 is 10.2 Å². The Labute approximate surface area is 180 Å². The van der Waals surface area contributed by atoms with Gasteiger partial charge in [-0.05, 0) is 57.4 Å². The van der Waals surface area contributed by atoms with Crippen molar-refractivity contribution in [1.29, 1.82) is 0 Å². The molecule has 5 heterocycles. The molecule has 0 radical (unpaired) electrons. The normalized spacial score (nSPS) is 14.2. The van der Waals surface area contributed by atoms with Gasteiger partial charge in [-0.3, -0.25) is 9.89 Å². The molecule has 0 aromatic carbocycles. The minimum Gasteiger partial charge on any atom is -0.357 e. The molecule has 8 heteroatoms. The number of piperidine rings is 1. The third-order valence-electron chi connectivity index (χ3n) is 5.93. The van der Waals surface area contributed by atoms with Gasteiger partial charge in [-0.25, -0.2) is 9.97 Å². The molecular formula is C23H25N7O. The van der Waals surface area contributed by atoms with Crippen LogP contribution in [0.4, 0.5) is 11.5 Å². The lowest BCUT2D eigenvalue weighted by molar-refractivity contribution is 0.102. The first-order valence-corrected chi connectivity index (χ1v) is 10.6. The zero-order valence-corrected chi connectivity index (χ0v) is 17.7. The highest BCUT2D eigenvalue weighted by molar-refractivity contribution is 6.04. The summed E-state index contributed by atoms with van der Waals surface area (Å²) in [5.74, 6) is 0.764. The molecule has 4 aromatic rings. The molecule has 5 rings (SSSR count). The number of nitrogens with one attached hydrogen (secondary N) is 3. The van der Waals surface area contributed by atoms with E-state index >= 15 is 0 Å². The molecule has 158 valence electrons. The van der Waals surface area contributed by atoms with Gasteiger partial charge in [-0.2, -0.15) is 5.10 Å². The number of amides is 1. The molecule has 0 bridgehead atoms. The van der Waals surface area contributed by atoms with Crippen molar-refractivity contribution < 1.29 is 4.79 Å². The van der Waals surface area contributed by atoms with Crippen LogP contribution in [0.1, 0.15) is 41.0 Å². The van der Waals surface area contributed by atoms with Gasteiger partial charge >= 0.3 is 0 Å². The van der Waals surface area contributed by atoms with Crippen molar-refractivity contribution in [2.24, 2.45) is 0 Å². The number of hydrogen-bond acceptors (Lipinski definition) is 5. The number of rotatable bonds is 4. The molecule has 0 saturated carbocycles. The lowest BCUT2D eigenvalue weighted by Crippen LogP contribution is -2.30. The van der Waals surface area contributed by atoms with Gasteiger partial charge in [0, 0.05) is 47.2 Å². The van der Waals surface area contributed by atoms with Gasteiger partial charge in [0.2, 0.25) is 0 Å². The minimum atomic E-state index is -0.251. The summed E-state index contributed by atoms with van der Waals surface area (Å²) in [7, 11) is 0. The second-order valence-corrected chi connectivity index (χ2v) is 8.07. The van der Waals surface area contributed by atoms with E-state index in [4.69, 9.17) is 0 Å². The van der Waals surface area contributed by atoms with Crippen LogP contribution in [0.3, 0.4) is 0 Å². The Morgan fingerprint density at radius 1 is 1.10 bits per heavy atom. The van der Waals surface area contributed by atoms with Crippen molar-refractivity contribution >= 4 is 28.4 Å². The average Bonchev–Trinajstić information content (AvgIpc) is 3.37. The predicted molar refractivity (Wildman–Crippen MR) is 121 cm³/mol. The van der Waals surface area contributed by atoms with E-state index in [1.54, 1.807) is 6.20 Å².